The Morgan fingerprint density at radius 2 is 2.67 bits per heavy atom. The molecule has 0 amide bonds. The third-order valence-corrected chi connectivity index (χ3v) is 2.74. The van der Waals surface area contributed by atoms with Gasteiger partial charge in [-0.15, -0.1) is 0 Å². The van der Waals surface area contributed by atoms with Gasteiger partial charge in [0.1, 0.15) is 5.76 Å². The zero-order valence-electron chi connectivity index (χ0n) is 7.38. The summed E-state index contributed by atoms with van der Waals surface area (Å²) in [5.41, 5.74) is 2.76. The van der Waals surface area contributed by atoms with E-state index in [0.717, 1.165) is 30.3 Å². The fraction of sp³-hybridized carbons (Fsp3) is 0.750. The van der Waals surface area contributed by atoms with Gasteiger partial charge in [-0.1, -0.05) is 6.92 Å². The number of hydrazine groups is 1. The molecule has 1 rings (SSSR count). The Bertz CT molecular complexity index is 161. The van der Waals surface area contributed by atoms with Crippen molar-refractivity contribution in [1.29, 1.82) is 0 Å². The van der Waals surface area contributed by atoms with Crippen LogP contribution >= 0.6 is 11.8 Å². The van der Waals surface area contributed by atoms with Crippen LogP contribution in [0.5, 0.6) is 0 Å². The molecular weight excluding hydrogens is 172 g/mol. The Morgan fingerprint density at radius 3 is 3.17 bits per heavy atom. The van der Waals surface area contributed by atoms with E-state index in [1.807, 2.05) is 11.8 Å². The minimum absolute atomic E-state index is 0.192. The second-order valence-corrected chi connectivity index (χ2v) is 3.94. The fourth-order valence-electron chi connectivity index (χ4n) is 1.13. The Hall–Kier alpha value is -0.190. The molecule has 12 heavy (non-hydrogen) atoms. The van der Waals surface area contributed by atoms with E-state index in [1.54, 1.807) is 0 Å². The molecule has 3 N–H and O–H groups in total. The van der Waals surface area contributed by atoms with E-state index in [0.29, 0.717) is 0 Å². The van der Waals surface area contributed by atoms with Crippen LogP contribution in [0.4, 0.5) is 0 Å². The molecular formula is C8H16N2OS. The standard InChI is InChI=1S/C8H16N2OS/c1-2-12-6-7(10-9)8-4-3-5-11-8/h4,7,10H,2-3,5-6,9H2,1H3. The van der Waals surface area contributed by atoms with Crippen LogP contribution in [0, 0.1) is 0 Å². The summed E-state index contributed by atoms with van der Waals surface area (Å²) in [5.74, 6) is 8.52. The molecule has 1 aliphatic heterocycles. The van der Waals surface area contributed by atoms with E-state index in [9.17, 15) is 0 Å². The molecule has 0 spiro atoms. The molecule has 0 aromatic carbocycles. The first kappa shape index (κ1) is 9.89. The smallest absolute Gasteiger partial charge is 0.111 e. The summed E-state index contributed by atoms with van der Waals surface area (Å²) in [6.45, 7) is 2.95. The first-order valence-corrected chi connectivity index (χ1v) is 5.40. The zero-order valence-corrected chi connectivity index (χ0v) is 8.19. The number of ether oxygens (including phenoxy) is 1. The Labute approximate surface area is 77.7 Å². The predicted molar refractivity (Wildman–Crippen MR) is 52.8 cm³/mol. The molecule has 0 fully saturated rings. The average molecular weight is 188 g/mol. The lowest BCUT2D eigenvalue weighted by Crippen LogP contribution is -2.38. The summed E-state index contributed by atoms with van der Waals surface area (Å²) in [4.78, 5) is 0. The number of nitrogens with one attached hydrogen (secondary N) is 1. The molecule has 0 aliphatic carbocycles. The fourth-order valence-corrected chi connectivity index (χ4v) is 1.86. The van der Waals surface area contributed by atoms with Gasteiger partial charge >= 0.3 is 0 Å². The van der Waals surface area contributed by atoms with Gasteiger partial charge in [0, 0.05) is 12.2 Å². The van der Waals surface area contributed by atoms with E-state index in [-0.39, 0.29) is 6.04 Å². The van der Waals surface area contributed by atoms with E-state index >= 15 is 0 Å². The molecule has 0 saturated heterocycles. The summed E-state index contributed by atoms with van der Waals surface area (Å²) in [7, 11) is 0. The van der Waals surface area contributed by atoms with Gasteiger partial charge in [-0.05, 0) is 11.8 Å². The summed E-state index contributed by atoms with van der Waals surface area (Å²) < 4.78 is 5.41. The van der Waals surface area contributed by atoms with Gasteiger partial charge in [-0.2, -0.15) is 11.8 Å². The molecule has 0 aromatic heterocycles. The van der Waals surface area contributed by atoms with Crippen molar-refractivity contribution in [2.75, 3.05) is 18.1 Å². The molecule has 70 valence electrons. The Balaban J connectivity index is 2.33. The first-order valence-electron chi connectivity index (χ1n) is 4.25. The maximum atomic E-state index is 5.41. The van der Waals surface area contributed by atoms with E-state index in [4.69, 9.17) is 10.6 Å². The summed E-state index contributed by atoms with van der Waals surface area (Å²) in [6, 6.07) is 0.192. The maximum Gasteiger partial charge on any atom is 0.111 e. The van der Waals surface area contributed by atoms with Crippen LogP contribution < -0.4 is 11.3 Å². The molecule has 0 bridgehead atoms. The van der Waals surface area contributed by atoms with Gasteiger partial charge in [0.05, 0.1) is 12.6 Å². The number of hydrogen-bond acceptors (Lipinski definition) is 4. The second-order valence-electron chi connectivity index (χ2n) is 2.62. The number of hydrogen-bond donors (Lipinski definition) is 2. The first-order chi connectivity index (χ1) is 5.88. The molecule has 0 radical (unpaired) electrons. The monoisotopic (exact) mass is 188 g/mol. The molecule has 0 saturated carbocycles. The van der Waals surface area contributed by atoms with E-state index < -0.39 is 0 Å². The molecule has 3 nitrogen and oxygen atoms in total. The molecule has 4 heteroatoms. The summed E-state index contributed by atoms with van der Waals surface area (Å²) in [5, 5.41) is 0. The highest BCUT2D eigenvalue weighted by atomic mass is 32.2. The van der Waals surface area contributed by atoms with Crippen LogP contribution in [-0.4, -0.2) is 24.2 Å². The third kappa shape index (κ3) is 2.69. The highest BCUT2D eigenvalue weighted by molar-refractivity contribution is 7.99. The molecule has 0 aromatic rings. The lowest BCUT2D eigenvalue weighted by molar-refractivity contribution is 0.220. The number of nitrogens with two attached hydrogens (primary N) is 1. The van der Waals surface area contributed by atoms with Crippen molar-refractivity contribution in [2.24, 2.45) is 5.84 Å². The molecule has 1 atom stereocenters. The molecule has 1 unspecified atom stereocenters. The zero-order chi connectivity index (χ0) is 8.81. The Kier molecular flexibility index (Phi) is 4.50. The van der Waals surface area contributed by atoms with Crippen molar-refractivity contribution < 1.29 is 4.74 Å². The van der Waals surface area contributed by atoms with Crippen molar-refractivity contribution in [3.05, 3.63) is 11.8 Å². The van der Waals surface area contributed by atoms with Crippen LogP contribution in [-0.2, 0) is 4.74 Å². The van der Waals surface area contributed by atoms with Gasteiger partial charge in [0.25, 0.3) is 0 Å². The largest absolute Gasteiger partial charge is 0.496 e. The van der Waals surface area contributed by atoms with Crippen LogP contribution in [0.1, 0.15) is 13.3 Å². The SMILES string of the molecule is CCSCC(NN)C1=CCCO1. The highest BCUT2D eigenvalue weighted by Crippen LogP contribution is 2.16. The highest BCUT2D eigenvalue weighted by Gasteiger charge is 2.16. The van der Waals surface area contributed by atoms with Gasteiger partial charge in [0.2, 0.25) is 0 Å². The average Bonchev–Trinajstić information content (AvgIpc) is 2.59. The van der Waals surface area contributed by atoms with Crippen molar-refractivity contribution in [1.82, 2.24) is 5.43 Å². The van der Waals surface area contributed by atoms with Crippen LogP contribution in [0.2, 0.25) is 0 Å². The van der Waals surface area contributed by atoms with Crippen molar-refractivity contribution in [3.63, 3.8) is 0 Å². The van der Waals surface area contributed by atoms with Gasteiger partial charge in [-0.3, -0.25) is 5.84 Å². The minimum atomic E-state index is 0.192. The van der Waals surface area contributed by atoms with Crippen LogP contribution in [0.15, 0.2) is 11.8 Å². The summed E-state index contributed by atoms with van der Waals surface area (Å²) >= 11 is 1.86. The van der Waals surface area contributed by atoms with E-state index in [1.165, 1.54) is 0 Å². The third-order valence-electron chi connectivity index (χ3n) is 1.77. The van der Waals surface area contributed by atoms with Gasteiger partial charge in [0.15, 0.2) is 0 Å². The summed E-state index contributed by atoms with van der Waals surface area (Å²) in [6.07, 6.45) is 3.13. The van der Waals surface area contributed by atoms with Crippen molar-refractivity contribution in [2.45, 2.75) is 19.4 Å². The number of rotatable bonds is 5. The number of thioether (sulfide) groups is 1. The minimum Gasteiger partial charge on any atom is -0.496 e. The van der Waals surface area contributed by atoms with Crippen molar-refractivity contribution in [3.8, 4) is 0 Å². The van der Waals surface area contributed by atoms with Crippen molar-refractivity contribution >= 4 is 11.8 Å². The van der Waals surface area contributed by atoms with Crippen LogP contribution in [0.25, 0.3) is 0 Å². The predicted octanol–water partition coefficient (Wildman–Crippen LogP) is 0.876. The topological polar surface area (TPSA) is 47.3 Å². The second kappa shape index (κ2) is 5.45. The van der Waals surface area contributed by atoms with Crippen LogP contribution in [0.3, 0.4) is 0 Å². The molecule has 1 heterocycles. The van der Waals surface area contributed by atoms with Gasteiger partial charge < -0.3 is 4.74 Å². The lowest BCUT2D eigenvalue weighted by Gasteiger charge is -2.15. The normalized spacial score (nSPS) is 18.7. The van der Waals surface area contributed by atoms with E-state index in [2.05, 4.69) is 18.4 Å². The van der Waals surface area contributed by atoms with Gasteiger partial charge in [-0.25, -0.2) is 5.43 Å². The Morgan fingerprint density at radius 1 is 1.83 bits per heavy atom. The lowest BCUT2D eigenvalue weighted by atomic mass is 10.3. The molecule has 1 aliphatic rings. The quantitative estimate of drug-likeness (QED) is 0.496. The maximum absolute atomic E-state index is 5.41.